The number of aliphatic hydroxyl groups excluding tert-OH is 3. The first-order valence-electron chi connectivity index (χ1n) is 7.35. The van der Waals surface area contributed by atoms with Crippen molar-refractivity contribution in [1.29, 1.82) is 0 Å². The van der Waals surface area contributed by atoms with Gasteiger partial charge in [-0.3, -0.25) is 0 Å². The maximum Gasteiger partial charge on any atom is 0.0840 e. The Kier molecular flexibility index (Phi) is 6.46. The van der Waals surface area contributed by atoms with Crippen LogP contribution in [0.3, 0.4) is 0 Å². The Morgan fingerprint density at radius 1 is 0.955 bits per heavy atom. The van der Waals surface area contributed by atoms with Gasteiger partial charge in [-0.2, -0.15) is 0 Å². The van der Waals surface area contributed by atoms with E-state index in [1.807, 2.05) is 37.3 Å². The minimum absolute atomic E-state index is 0.0116. The van der Waals surface area contributed by atoms with Crippen LogP contribution < -0.4 is 0 Å². The summed E-state index contributed by atoms with van der Waals surface area (Å²) in [6.07, 6.45) is -1.32. The molecule has 4 heteroatoms. The summed E-state index contributed by atoms with van der Waals surface area (Å²) >= 11 is 1.58. The topological polar surface area (TPSA) is 60.7 Å². The number of hydrogen-bond donors (Lipinski definition) is 3. The Hall–Kier alpha value is -1.33. The molecule has 0 unspecified atom stereocenters. The summed E-state index contributed by atoms with van der Waals surface area (Å²) in [6.45, 7) is 1.84. The Labute approximate surface area is 135 Å². The normalized spacial score (nSPS) is 15.3. The quantitative estimate of drug-likeness (QED) is 0.687. The molecule has 0 radical (unpaired) electrons. The van der Waals surface area contributed by atoms with E-state index in [1.165, 1.54) is 0 Å². The first kappa shape index (κ1) is 17.0. The highest BCUT2D eigenvalue weighted by atomic mass is 32.2. The molecule has 3 nitrogen and oxygen atoms in total. The molecule has 0 aromatic heterocycles. The molecule has 0 amide bonds. The second-order valence-electron chi connectivity index (χ2n) is 5.40. The van der Waals surface area contributed by atoms with Crippen LogP contribution in [0.5, 0.6) is 0 Å². The van der Waals surface area contributed by atoms with Crippen molar-refractivity contribution in [2.24, 2.45) is 5.92 Å². The van der Waals surface area contributed by atoms with Crippen LogP contribution in [-0.4, -0.2) is 27.2 Å². The summed E-state index contributed by atoms with van der Waals surface area (Å²) < 4.78 is 0. The number of hydrogen-bond acceptors (Lipinski definition) is 4. The van der Waals surface area contributed by atoms with Crippen molar-refractivity contribution >= 4 is 11.8 Å². The second kappa shape index (κ2) is 8.34. The highest BCUT2D eigenvalue weighted by Gasteiger charge is 2.23. The van der Waals surface area contributed by atoms with E-state index in [9.17, 15) is 10.2 Å². The molecule has 0 aliphatic heterocycles. The molecule has 2 aromatic carbocycles. The monoisotopic (exact) mass is 318 g/mol. The van der Waals surface area contributed by atoms with Crippen LogP contribution in [0.2, 0.25) is 0 Å². The number of aliphatic hydroxyl groups is 3. The third kappa shape index (κ3) is 4.58. The summed E-state index contributed by atoms with van der Waals surface area (Å²) in [5.41, 5.74) is 1.57. The summed E-state index contributed by atoms with van der Waals surface area (Å²) in [5, 5.41) is 29.7. The number of thioether (sulfide) groups is 1. The van der Waals surface area contributed by atoms with Gasteiger partial charge in [0.25, 0.3) is 0 Å². The maximum atomic E-state index is 10.4. The summed E-state index contributed by atoms with van der Waals surface area (Å²) in [7, 11) is 0. The van der Waals surface area contributed by atoms with Gasteiger partial charge in [-0.25, -0.2) is 0 Å². The van der Waals surface area contributed by atoms with Crippen LogP contribution in [-0.2, 0) is 6.61 Å². The van der Waals surface area contributed by atoms with Gasteiger partial charge in [-0.1, -0.05) is 49.4 Å². The Bertz CT molecular complexity index is 556. The summed E-state index contributed by atoms with van der Waals surface area (Å²) in [6, 6.07) is 17.1. The molecule has 0 aliphatic carbocycles. The molecule has 0 fully saturated rings. The van der Waals surface area contributed by atoms with Crippen molar-refractivity contribution in [3.63, 3.8) is 0 Å². The largest absolute Gasteiger partial charge is 0.392 e. The first-order chi connectivity index (χ1) is 10.6. The van der Waals surface area contributed by atoms with Gasteiger partial charge in [-0.05, 0) is 23.3 Å². The molecular formula is C18H22O3S. The van der Waals surface area contributed by atoms with Gasteiger partial charge in [0.1, 0.15) is 0 Å². The zero-order chi connectivity index (χ0) is 15.9. The minimum atomic E-state index is -0.723. The van der Waals surface area contributed by atoms with Gasteiger partial charge in [0.2, 0.25) is 0 Å². The van der Waals surface area contributed by atoms with Crippen LogP contribution in [0.25, 0.3) is 0 Å². The minimum Gasteiger partial charge on any atom is -0.392 e. The molecule has 0 saturated heterocycles. The van der Waals surface area contributed by atoms with Crippen molar-refractivity contribution in [3.05, 3.63) is 65.7 Å². The van der Waals surface area contributed by atoms with E-state index in [4.69, 9.17) is 5.11 Å². The van der Waals surface area contributed by atoms with E-state index >= 15 is 0 Å². The zero-order valence-corrected chi connectivity index (χ0v) is 13.4. The molecule has 0 aliphatic rings. The highest BCUT2D eigenvalue weighted by Crippen LogP contribution is 2.28. The van der Waals surface area contributed by atoms with E-state index in [0.717, 1.165) is 16.0 Å². The van der Waals surface area contributed by atoms with Gasteiger partial charge in [-0.15, -0.1) is 11.8 Å². The molecule has 118 valence electrons. The van der Waals surface area contributed by atoms with Crippen LogP contribution in [0.4, 0.5) is 0 Å². The van der Waals surface area contributed by atoms with Gasteiger partial charge >= 0.3 is 0 Å². The van der Waals surface area contributed by atoms with Crippen molar-refractivity contribution in [2.45, 2.75) is 30.6 Å². The van der Waals surface area contributed by atoms with Crippen molar-refractivity contribution in [2.75, 3.05) is 5.75 Å². The van der Waals surface area contributed by atoms with Gasteiger partial charge in [0, 0.05) is 16.6 Å². The maximum absolute atomic E-state index is 10.4. The lowest BCUT2D eigenvalue weighted by Crippen LogP contribution is -2.26. The molecule has 0 spiro atoms. The van der Waals surface area contributed by atoms with E-state index in [1.54, 1.807) is 36.0 Å². The van der Waals surface area contributed by atoms with Crippen molar-refractivity contribution in [1.82, 2.24) is 0 Å². The lowest BCUT2D eigenvalue weighted by Gasteiger charge is -2.24. The SMILES string of the molecule is C[C@@H]([C@H](O)c1ccc(CO)cc1)[C@@H](O)CSc1ccccc1. The average Bonchev–Trinajstić information content (AvgIpc) is 2.59. The average molecular weight is 318 g/mol. The molecule has 0 heterocycles. The van der Waals surface area contributed by atoms with Gasteiger partial charge in [0.15, 0.2) is 0 Å². The molecular weight excluding hydrogens is 296 g/mol. The lowest BCUT2D eigenvalue weighted by atomic mass is 9.93. The molecule has 22 heavy (non-hydrogen) atoms. The molecule has 3 atom stereocenters. The smallest absolute Gasteiger partial charge is 0.0840 e. The lowest BCUT2D eigenvalue weighted by molar-refractivity contribution is 0.0330. The summed E-state index contributed by atoms with van der Waals surface area (Å²) in [5.74, 6) is 0.271. The molecule has 2 aromatic rings. The number of benzene rings is 2. The van der Waals surface area contributed by atoms with Crippen LogP contribution >= 0.6 is 11.8 Å². The molecule has 2 rings (SSSR count). The van der Waals surface area contributed by atoms with Crippen LogP contribution in [0.15, 0.2) is 59.5 Å². The van der Waals surface area contributed by atoms with Gasteiger partial charge < -0.3 is 15.3 Å². The van der Waals surface area contributed by atoms with Gasteiger partial charge in [0.05, 0.1) is 18.8 Å². The predicted octanol–water partition coefficient (Wildman–Crippen LogP) is 3.00. The standard InChI is InChI=1S/C18H22O3S/c1-13(17(20)12-22-16-5-3-2-4-6-16)18(21)15-9-7-14(11-19)8-10-15/h2-10,13,17-21H,11-12H2,1H3/t13-,17+,18+/m1/s1. The predicted molar refractivity (Wildman–Crippen MR) is 89.7 cm³/mol. The zero-order valence-electron chi connectivity index (χ0n) is 12.6. The fourth-order valence-electron chi connectivity index (χ4n) is 2.18. The van der Waals surface area contributed by atoms with Crippen molar-refractivity contribution < 1.29 is 15.3 Å². The second-order valence-corrected chi connectivity index (χ2v) is 6.49. The third-order valence-corrected chi connectivity index (χ3v) is 4.89. The Balaban J connectivity index is 1.92. The van der Waals surface area contributed by atoms with E-state index in [0.29, 0.717) is 5.75 Å². The van der Waals surface area contributed by atoms with E-state index in [-0.39, 0.29) is 12.5 Å². The van der Waals surface area contributed by atoms with Crippen LogP contribution in [0.1, 0.15) is 24.2 Å². The van der Waals surface area contributed by atoms with E-state index in [2.05, 4.69) is 0 Å². The third-order valence-electron chi connectivity index (χ3n) is 3.77. The Morgan fingerprint density at radius 2 is 1.59 bits per heavy atom. The summed E-state index contributed by atoms with van der Waals surface area (Å²) in [4.78, 5) is 1.11. The molecule has 0 saturated carbocycles. The highest BCUT2D eigenvalue weighted by molar-refractivity contribution is 7.99. The fraction of sp³-hybridized carbons (Fsp3) is 0.333. The number of rotatable bonds is 7. The Morgan fingerprint density at radius 3 is 2.18 bits per heavy atom. The van der Waals surface area contributed by atoms with Crippen molar-refractivity contribution in [3.8, 4) is 0 Å². The molecule has 3 N–H and O–H groups in total. The van der Waals surface area contributed by atoms with Crippen LogP contribution in [0, 0.1) is 5.92 Å². The van der Waals surface area contributed by atoms with E-state index < -0.39 is 12.2 Å². The molecule has 0 bridgehead atoms. The fourth-order valence-corrected chi connectivity index (χ4v) is 3.20. The first-order valence-corrected chi connectivity index (χ1v) is 8.34.